The smallest absolute Gasteiger partial charge is 0.238 e. The Morgan fingerprint density at radius 2 is 1.50 bits per heavy atom. The van der Waals surface area contributed by atoms with Gasteiger partial charge in [-0.05, 0) is 29.8 Å². The molecule has 0 aliphatic rings. The molecule has 5 nitrogen and oxygen atoms in total. The van der Waals surface area contributed by atoms with Crippen LogP contribution in [0.4, 0.5) is 8.78 Å². The van der Waals surface area contributed by atoms with E-state index < -0.39 is 21.7 Å². The molecular formula is C22H16F2N2O3S. The van der Waals surface area contributed by atoms with Gasteiger partial charge < -0.3 is 4.42 Å². The van der Waals surface area contributed by atoms with E-state index in [2.05, 4.69) is 4.98 Å². The van der Waals surface area contributed by atoms with E-state index in [9.17, 15) is 17.2 Å². The molecule has 0 amide bonds. The van der Waals surface area contributed by atoms with Crippen molar-refractivity contribution >= 4 is 10.0 Å². The first-order valence-corrected chi connectivity index (χ1v) is 10.5. The molecule has 0 radical (unpaired) electrons. The summed E-state index contributed by atoms with van der Waals surface area (Å²) in [7, 11) is -3.85. The van der Waals surface area contributed by atoms with Gasteiger partial charge in [0.25, 0.3) is 0 Å². The number of primary sulfonamides is 1. The second-order valence-electron chi connectivity index (χ2n) is 6.68. The van der Waals surface area contributed by atoms with E-state index in [0.717, 1.165) is 23.8 Å². The lowest BCUT2D eigenvalue weighted by Crippen LogP contribution is -2.11. The van der Waals surface area contributed by atoms with Crippen LogP contribution in [0.3, 0.4) is 0 Å². The van der Waals surface area contributed by atoms with Crippen LogP contribution in [0.2, 0.25) is 0 Å². The van der Waals surface area contributed by atoms with Gasteiger partial charge in [-0.1, -0.05) is 42.5 Å². The number of oxazole rings is 1. The van der Waals surface area contributed by atoms with Crippen molar-refractivity contribution in [3.8, 4) is 22.6 Å². The molecule has 0 spiro atoms. The van der Waals surface area contributed by atoms with E-state index in [4.69, 9.17) is 9.56 Å². The minimum Gasteiger partial charge on any atom is -0.440 e. The van der Waals surface area contributed by atoms with Crippen LogP contribution in [0.5, 0.6) is 0 Å². The molecular weight excluding hydrogens is 410 g/mol. The van der Waals surface area contributed by atoms with Gasteiger partial charge in [-0.2, -0.15) is 0 Å². The number of aromatic nitrogens is 1. The molecule has 152 valence electrons. The van der Waals surface area contributed by atoms with E-state index in [1.165, 1.54) is 24.3 Å². The molecule has 1 heterocycles. The lowest BCUT2D eigenvalue weighted by molar-refractivity contribution is 0.517. The Hall–Kier alpha value is -3.36. The number of hydrogen-bond acceptors (Lipinski definition) is 4. The Morgan fingerprint density at radius 1 is 0.867 bits per heavy atom. The van der Waals surface area contributed by atoms with Crippen LogP contribution in [0, 0.1) is 11.6 Å². The topological polar surface area (TPSA) is 86.2 Å². The summed E-state index contributed by atoms with van der Waals surface area (Å²) >= 11 is 0. The van der Waals surface area contributed by atoms with Gasteiger partial charge in [0, 0.05) is 23.6 Å². The van der Waals surface area contributed by atoms with Crippen LogP contribution < -0.4 is 5.14 Å². The van der Waals surface area contributed by atoms with E-state index >= 15 is 0 Å². The molecule has 1 aromatic heterocycles. The highest BCUT2D eigenvalue weighted by Crippen LogP contribution is 2.34. The molecule has 8 heteroatoms. The van der Waals surface area contributed by atoms with Crippen LogP contribution >= 0.6 is 0 Å². The predicted molar refractivity (Wildman–Crippen MR) is 108 cm³/mol. The molecule has 0 unspecified atom stereocenters. The standard InChI is InChI=1S/C22H16F2N2O3S/c23-17-11-16(12-18(24)13-17)22-21(15-6-8-19(9-7-15)30(25,27)28)26-20(29-22)10-14-4-2-1-3-5-14/h1-9,11-13H,10H2,(H2,25,27,28). The first-order valence-electron chi connectivity index (χ1n) is 8.93. The molecule has 4 aromatic rings. The van der Waals surface area contributed by atoms with E-state index in [1.807, 2.05) is 30.3 Å². The molecule has 0 aliphatic carbocycles. The minimum absolute atomic E-state index is 0.0578. The van der Waals surface area contributed by atoms with E-state index in [1.54, 1.807) is 0 Å². The monoisotopic (exact) mass is 426 g/mol. The molecule has 0 fully saturated rings. The molecule has 2 N–H and O–H groups in total. The summed E-state index contributed by atoms with van der Waals surface area (Å²) in [5, 5.41) is 5.14. The van der Waals surface area contributed by atoms with Crippen LogP contribution in [0.15, 0.2) is 82.1 Å². The molecule has 3 aromatic carbocycles. The number of sulfonamides is 1. The third kappa shape index (κ3) is 4.29. The van der Waals surface area contributed by atoms with Crippen LogP contribution in [0.25, 0.3) is 22.6 Å². The lowest BCUT2D eigenvalue weighted by Gasteiger charge is -2.04. The average molecular weight is 426 g/mol. The summed E-state index contributed by atoms with van der Waals surface area (Å²) in [4.78, 5) is 4.45. The van der Waals surface area contributed by atoms with Gasteiger partial charge >= 0.3 is 0 Å². The molecule has 0 saturated heterocycles. The van der Waals surface area contributed by atoms with Crippen molar-refractivity contribution in [3.63, 3.8) is 0 Å². The maximum atomic E-state index is 13.8. The Morgan fingerprint density at radius 3 is 2.10 bits per heavy atom. The Balaban J connectivity index is 1.83. The van der Waals surface area contributed by atoms with Crippen molar-refractivity contribution in [2.24, 2.45) is 5.14 Å². The normalized spacial score (nSPS) is 11.6. The molecule has 0 atom stereocenters. The fourth-order valence-electron chi connectivity index (χ4n) is 3.09. The third-order valence-corrected chi connectivity index (χ3v) is 5.38. The van der Waals surface area contributed by atoms with Crippen molar-refractivity contribution in [3.05, 3.63) is 95.9 Å². The maximum absolute atomic E-state index is 13.8. The highest BCUT2D eigenvalue weighted by molar-refractivity contribution is 7.89. The Bertz CT molecular complexity index is 1280. The van der Waals surface area contributed by atoms with Gasteiger partial charge in [-0.3, -0.25) is 0 Å². The molecule has 0 saturated carbocycles. The van der Waals surface area contributed by atoms with Crippen molar-refractivity contribution in [2.75, 3.05) is 0 Å². The maximum Gasteiger partial charge on any atom is 0.238 e. The predicted octanol–water partition coefficient (Wildman–Crippen LogP) is 4.53. The second-order valence-corrected chi connectivity index (χ2v) is 8.24. The first-order chi connectivity index (χ1) is 14.3. The number of nitrogens with zero attached hydrogens (tertiary/aromatic N) is 1. The zero-order valence-corrected chi connectivity index (χ0v) is 16.4. The van der Waals surface area contributed by atoms with E-state index in [0.29, 0.717) is 23.6 Å². The highest BCUT2D eigenvalue weighted by Gasteiger charge is 2.19. The summed E-state index contributed by atoms with van der Waals surface area (Å²) in [6, 6.07) is 18.3. The van der Waals surface area contributed by atoms with Crippen LogP contribution in [0.1, 0.15) is 11.5 Å². The number of rotatable bonds is 5. The Kier molecular flexibility index (Phi) is 5.19. The zero-order valence-electron chi connectivity index (χ0n) is 15.5. The molecule has 0 bridgehead atoms. The minimum atomic E-state index is -3.85. The van der Waals surface area contributed by atoms with Crippen LogP contribution in [-0.4, -0.2) is 13.4 Å². The number of nitrogens with two attached hydrogens (primary N) is 1. The zero-order chi connectivity index (χ0) is 21.3. The quantitative estimate of drug-likeness (QED) is 0.508. The fraction of sp³-hybridized carbons (Fsp3) is 0.0455. The molecule has 0 aliphatic heterocycles. The summed E-state index contributed by atoms with van der Waals surface area (Å²) < 4.78 is 56.5. The number of halogens is 2. The van der Waals surface area contributed by atoms with Gasteiger partial charge in [0.2, 0.25) is 10.0 Å². The van der Waals surface area contributed by atoms with Gasteiger partial charge in [0.15, 0.2) is 11.7 Å². The summed E-state index contributed by atoms with van der Waals surface area (Å²) in [6.45, 7) is 0. The van der Waals surface area contributed by atoms with Crippen molar-refractivity contribution < 1.29 is 21.6 Å². The number of benzene rings is 3. The summed E-state index contributed by atoms with van der Waals surface area (Å²) in [5.41, 5.74) is 1.99. The van der Waals surface area contributed by atoms with Gasteiger partial charge in [0.05, 0.1) is 4.90 Å². The third-order valence-electron chi connectivity index (χ3n) is 4.45. The van der Waals surface area contributed by atoms with Gasteiger partial charge in [0.1, 0.15) is 17.3 Å². The summed E-state index contributed by atoms with van der Waals surface area (Å²) in [6.07, 6.45) is 0.376. The largest absolute Gasteiger partial charge is 0.440 e. The average Bonchev–Trinajstić information content (AvgIpc) is 3.11. The van der Waals surface area contributed by atoms with Gasteiger partial charge in [-0.25, -0.2) is 27.3 Å². The lowest BCUT2D eigenvalue weighted by atomic mass is 10.1. The summed E-state index contributed by atoms with van der Waals surface area (Å²) in [5.74, 6) is -0.961. The molecule has 4 rings (SSSR count). The van der Waals surface area contributed by atoms with E-state index in [-0.39, 0.29) is 16.2 Å². The SMILES string of the molecule is NS(=O)(=O)c1ccc(-c2nc(Cc3ccccc3)oc2-c2cc(F)cc(F)c2)cc1. The first kappa shape index (κ1) is 19.9. The van der Waals surface area contributed by atoms with Crippen molar-refractivity contribution in [1.82, 2.24) is 4.98 Å². The number of hydrogen-bond donors (Lipinski definition) is 1. The second kappa shape index (κ2) is 7.81. The van der Waals surface area contributed by atoms with Crippen molar-refractivity contribution in [1.29, 1.82) is 0 Å². The van der Waals surface area contributed by atoms with Crippen LogP contribution in [-0.2, 0) is 16.4 Å². The fourth-order valence-corrected chi connectivity index (χ4v) is 3.60. The highest BCUT2D eigenvalue weighted by atomic mass is 32.2. The van der Waals surface area contributed by atoms with Crippen molar-refractivity contribution in [2.45, 2.75) is 11.3 Å². The Labute approximate surface area is 171 Å². The molecule has 30 heavy (non-hydrogen) atoms. The van der Waals surface area contributed by atoms with Gasteiger partial charge in [-0.15, -0.1) is 0 Å².